The SMILES string of the molecule is CC[C@@H]1SC[C@H](C(=O)NCCOC)N1C(=O)c1ccccc1. The largest absolute Gasteiger partial charge is 0.383 e. The number of methoxy groups -OCH3 is 1. The van der Waals surface area contributed by atoms with Gasteiger partial charge in [-0.1, -0.05) is 25.1 Å². The van der Waals surface area contributed by atoms with Crippen LogP contribution in [-0.4, -0.2) is 54.1 Å². The minimum absolute atomic E-state index is 0.0471. The van der Waals surface area contributed by atoms with Gasteiger partial charge in [0.1, 0.15) is 6.04 Å². The number of carbonyl (C=O) groups excluding carboxylic acids is 2. The van der Waals surface area contributed by atoms with Crippen molar-refractivity contribution >= 4 is 23.6 Å². The van der Waals surface area contributed by atoms with Crippen LogP contribution in [0.25, 0.3) is 0 Å². The number of nitrogens with one attached hydrogen (secondary N) is 1. The second-order valence-corrected chi connectivity index (χ2v) is 6.29. The monoisotopic (exact) mass is 322 g/mol. The second kappa shape index (κ2) is 8.19. The van der Waals surface area contributed by atoms with E-state index >= 15 is 0 Å². The van der Waals surface area contributed by atoms with Crippen LogP contribution < -0.4 is 5.32 Å². The predicted molar refractivity (Wildman–Crippen MR) is 87.8 cm³/mol. The van der Waals surface area contributed by atoms with Crippen molar-refractivity contribution in [2.24, 2.45) is 0 Å². The Morgan fingerprint density at radius 2 is 2.09 bits per heavy atom. The zero-order valence-electron chi connectivity index (χ0n) is 13.0. The molecule has 0 aliphatic carbocycles. The van der Waals surface area contributed by atoms with Crippen molar-refractivity contribution in [2.45, 2.75) is 24.8 Å². The first-order valence-corrected chi connectivity index (χ1v) is 8.49. The topological polar surface area (TPSA) is 58.6 Å². The van der Waals surface area contributed by atoms with Crippen molar-refractivity contribution in [3.05, 3.63) is 35.9 Å². The molecule has 0 radical (unpaired) electrons. The number of hydrogen-bond acceptors (Lipinski definition) is 4. The van der Waals surface area contributed by atoms with E-state index in [0.717, 1.165) is 6.42 Å². The van der Waals surface area contributed by atoms with Crippen molar-refractivity contribution in [1.82, 2.24) is 10.2 Å². The Morgan fingerprint density at radius 1 is 1.36 bits per heavy atom. The maximum Gasteiger partial charge on any atom is 0.255 e. The van der Waals surface area contributed by atoms with Crippen LogP contribution in [0.4, 0.5) is 0 Å². The van der Waals surface area contributed by atoms with E-state index in [-0.39, 0.29) is 17.2 Å². The molecule has 1 aliphatic rings. The summed E-state index contributed by atoms with van der Waals surface area (Å²) >= 11 is 1.66. The van der Waals surface area contributed by atoms with Crippen LogP contribution in [0.15, 0.2) is 30.3 Å². The van der Waals surface area contributed by atoms with Gasteiger partial charge in [0.25, 0.3) is 5.91 Å². The molecule has 120 valence electrons. The molecule has 0 saturated carbocycles. The molecule has 0 bridgehead atoms. The van der Waals surface area contributed by atoms with Crippen molar-refractivity contribution in [3.63, 3.8) is 0 Å². The van der Waals surface area contributed by atoms with Crippen LogP contribution >= 0.6 is 11.8 Å². The van der Waals surface area contributed by atoms with E-state index in [9.17, 15) is 9.59 Å². The number of carbonyl (C=O) groups is 2. The van der Waals surface area contributed by atoms with E-state index in [4.69, 9.17) is 4.74 Å². The number of rotatable bonds is 6. The normalized spacial score (nSPS) is 20.9. The van der Waals surface area contributed by atoms with Crippen LogP contribution in [-0.2, 0) is 9.53 Å². The maximum absolute atomic E-state index is 12.8. The number of thioether (sulfide) groups is 1. The lowest BCUT2D eigenvalue weighted by atomic mass is 10.1. The fourth-order valence-corrected chi connectivity index (χ4v) is 3.83. The van der Waals surface area contributed by atoms with Crippen molar-refractivity contribution in [2.75, 3.05) is 26.0 Å². The van der Waals surface area contributed by atoms with Crippen molar-refractivity contribution < 1.29 is 14.3 Å². The third-order valence-corrected chi connectivity index (χ3v) is 5.06. The van der Waals surface area contributed by atoms with Crippen LogP contribution in [0.2, 0.25) is 0 Å². The van der Waals surface area contributed by atoms with Crippen molar-refractivity contribution in [1.29, 1.82) is 0 Å². The third-order valence-electron chi connectivity index (χ3n) is 3.61. The summed E-state index contributed by atoms with van der Waals surface area (Å²) in [5.74, 6) is 0.449. The highest BCUT2D eigenvalue weighted by Gasteiger charge is 2.40. The molecular formula is C16H22N2O3S. The number of amides is 2. The smallest absolute Gasteiger partial charge is 0.255 e. The Balaban J connectivity index is 2.12. The van der Waals surface area contributed by atoms with Crippen LogP contribution in [0.5, 0.6) is 0 Å². The van der Waals surface area contributed by atoms with Gasteiger partial charge >= 0.3 is 0 Å². The molecule has 22 heavy (non-hydrogen) atoms. The van der Waals surface area contributed by atoms with Crippen LogP contribution in [0.1, 0.15) is 23.7 Å². The van der Waals surface area contributed by atoms with E-state index in [1.165, 1.54) is 0 Å². The number of hydrogen-bond donors (Lipinski definition) is 1. The van der Waals surface area contributed by atoms with Crippen LogP contribution in [0, 0.1) is 0 Å². The minimum atomic E-state index is -0.417. The lowest BCUT2D eigenvalue weighted by molar-refractivity contribution is -0.125. The summed E-state index contributed by atoms with van der Waals surface area (Å²) in [5, 5.41) is 2.88. The molecule has 0 spiro atoms. The molecule has 1 aromatic rings. The van der Waals surface area contributed by atoms with Gasteiger partial charge in [0.05, 0.1) is 12.0 Å². The van der Waals surface area contributed by atoms with Gasteiger partial charge in [0, 0.05) is 25.0 Å². The van der Waals surface area contributed by atoms with Gasteiger partial charge in [-0.15, -0.1) is 11.8 Å². The molecule has 1 N–H and O–H groups in total. The van der Waals surface area contributed by atoms with E-state index < -0.39 is 6.04 Å². The molecule has 0 aromatic heterocycles. The fourth-order valence-electron chi connectivity index (χ4n) is 2.48. The maximum atomic E-state index is 12.8. The van der Waals surface area contributed by atoms with Gasteiger partial charge in [0.2, 0.25) is 5.91 Å². The molecule has 5 nitrogen and oxygen atoms in total. The summed E-state index contributed by atoms with van der Waals surface area (Å²) in [6.45, 7) is 2.96. The Bertz CT molecular complexity index is 509. The van der Waals surface area contributed by atoms with Gasteiger partial charge in [0.15, 0.2) is 0 Å². The zero-order valence-corrected chi connectivity index (χ0v) is 13.8. The molecule has 2 rings (SSSR count). The van der Waals surface area contributed by atoms with E-state index in [0.29, 0.717) is 24.5 Å². The van der Waals surface area contributed by atoms with Gasteiger partial charge in [-0.25, -0.2) is 0 Å². The molecule has 1 saturated heterocycles. The molecule has 1 fully saturated rings. The molecule has 1 heterocycles. The fraction of sp³-hybridized carbons (Fsp3) is 0.500. The van der Waals surface area contributed by atoms with E-state index in [2.05, 4.69) is 5.32 Å². The highest BCUT2D eigenvalue weighted by Crippen LogP contribution is 2.32. The Hall–Kier alpha value is -1.53. The molecule has 1 aliphatic heterocycles. The first-order valence-electron chi connectivity index (χ1n) is 7.45. The predicted octanol–water partition coefficient (Wildman–Crippen LogP) is 1.74. The number of nitrogens with zero attached hydrogens (tertiary/aromatic N) is 1. The summed E-state index contributed by atoms with van der Waals surface area (Å²) in [6, 6.07) is 8.72. The molecule has 0 unspecified atom stereocenters. The Labute approximate surface area is 135 Å². The van der Waals surface area contributed by atoms with Crippen LogP contribution in [0.3, 0.4) is 0 Å². The van der Waals surface area contributed by atoms with Gasteiger partial charge < -0.3 is 15.0 Å². The Morgan fingerprint density at radius 3 is 2.73 bits per heavy atom. The van der Waals surface area contributed by atoms with E-state index in [1.807, 2.05) is 25.1 Å². The standard InChI is InChI=1S/C16H22N2O3S/c1-3-14-18(16(20)12-7-5-4-6-8-12)13(11-22-14)15(19)17-9-10-21-2/h4-8,13-14H,3,9-11H2,1-2H3,(H,17,19)/t13-,14+/m1/s1. The minimum Gasteiger partial charge on any atom is -0.383 e. The van der Waals surface area contributed by atoms with Gasteiger partial charge in [-0.2, -0.15) is 0 Å². The second-order valence-electron chi connectivity index (χ2n) is 5.07. The molecular weight excluding hydrogens is 300 g/mol. The molecule has 6 heteroatoms. The summed E-state index contributed by atoms with van der Waals surface area (Å²) in [4.78, 5) is 26.8. The molecule has 2 amide bonds. The first-order chi connectivity index (χ1) is 10.7. The van der Waals surface area contributed by atoms with Gasteiger partial charge in [-0.3, -0.25) is 9.59 Å². The van der Waals surface area contributed by atoms with E-state index in [1.54, 1.807) is 35.9 Å². The lowest BCUT2D eigenvalue weighted by Gasteiger charge is -2.28. The summed E-state index contributed by atoms with van der Waals surface area (Å²) in [6.07, 6.45) is 0.824. The average Bonchev–Trinajstić information content (AvgIpc) is 2.99. The lowest BCUT2D eigenvalue weighted by Crippen LogP contribution is -2.50. The number of ether oxygens (including phenoxy) is 1. The quantitative estimate of drug-likeness (QED) is 0.811. The summed E-state index contributed by atoms with van der Waals surface area (Å²) < 4.78 is 4.94. The van der Waals surface area contributed by atoms with Gasteiger partial charge in [-0.05, 0) is 18.6 Å². The number of benzene rings is 1. The average molecular weight is 322 g/mol. The zero-order chi connectivity index (χ0) is 15.9. The molecule has 1 aromatic carbocycles. The summed E-state index contributed by atoms with van der Waals surface area (Å²) in [5.41, 5.74) is 0.623. The molecule has 2 atom stereocenters. The highest BCUT2D eigenvalue weighted by molar-refractivity contribution is 8.00. The highest BCUT2D eigenvalue weighted by atomic mass is 32.2. The third kappa shape index (κ3) is 3.81. The Kier molecular flexibility index (Phi) is 6.27. The summed E-state index contributed by atoms with van der Waals surface area (Å²) in [7, 11) is 1.59. The van der Waals surface area contributed by atoms with Crippen molar-refractivity contribution in [3.8, 4) is 0 Å². The first kappa shape index (κ1) is 16.8.